The summed E-state index contributed by atoms with van der Waals surface area (Å²) >= 11 is 0. The number of hydrogen-bond acceptors (Lipinski definition) is 7. The van der Waals surface area contributed by atoms with Gasteiger partial charge in [-0.15, -0.1) is 0 Å². The van der Waals surface area contributed by atoms with E-state index in [0.29, 0.717) is 23.0 Å². The Labute approximate surface area is 128 Å². The molecule has 1 aromatic carbocycles. The van der Waals surface area contributed by atoms with Gasteiger partial charge >= 0.3 is 5.97 Å². The lowest BCUT2D eigenvalue weighted by Crippen LogP contribution is -2.22. The summed E-state index contributed by atoms with van der Waals surface area (Å²) in [4.78, 5) is 15.7. The fraction of sp³-hybridized carbons (Fsp3) is 0.400. The molecule has 7 nitrogen and oxygen atoms in total. The van der Waals surface area contributed by atoms with Crippen molar-refractivity contribution in [3.63, 3.8) is 0 Å². The van der Waals surface area contributed by atoms with E-state index in [1.807, 2.05) is 13.8 Å². The number of nitrogens with two attached hydrogens (primary N) is 1. The highest BCUT2D eigenvalue weighted by Crippen LogP contribution is 2.18. The summed E-state index contributed by atoms with van der Waals surface area (Å²) in [5.74, 6) is 0.985. The van der Waals surface area contributed by atoms with E-state index in [1.165, 1.54) is 7.11 Å². The molecule has 118 valence electrons. The smallest absolute Gasteiger partial charge is 0.337 e. The zero-order valence-corrected chi connectivity index (χ0v) is 12.8. The number of methoxy groups -OCH3 is 1. The molecule has 0 aliphatic carbocycles. The van der Waals surface area contributed by atoms with Crippen LogP contribution in [0.1, 0.15) is 41.8 Å². The van der Waals surface area contributed by atoms with E-state index in [2.05, 4.69) is 14.9 Å². The van der Waals surface area contributed by atoms with Crippen molar-refractivity contribution in [1.82, 2.24) is 10.1 Å². The topological polar surface area (TPSA) is 100 Å². The Kier molecular flexibility index (Phi) is 5.11. The Morgan fingerprint density at radius 1 is 1.41 bits per heavy atom. The number of esters is 1. The van der Waals surface area contributed by atoms with Crippen molar-refractivity contribution in [1.29, 1.82) is 0 Å². The third-order valence-electron chi connectivity index (χ3n) is 3.29. The maximum Gasteiger partial charge on any atom is 0.337 e. The first-order chi connectivity index (χ1) is 10.5. The number of rotatable bonds is 6. The normalized spacial score (nSPS) is 13.5. The van der Waals surface area contributed by atoms with E-state index in [1.54, 1.807) is 24.3 Å². The minimum absolute atomic E-state index is 0.0242. The van der Waals surface area contributed by atoms with Crippen LogP contribution in [-0.4, -0.2) is 29.3 Å². The van der Waals surface area contributed by atoms with E-state index in [0.717, 1.165) is 0 Å². The van der Waals surface area contributed by atoms with E-state index in [9.17, 15) is 4.79 Å². The molecular formula is C15H19N3O4. The van der Waals surface area contributed by atoms with E-state index >= 15 is 0 Å². The predicted octanol–water partition coefficient (Wildman–Crippen LogP) is 1.89. The lowest BCUT2D eigenvalue weighted by atomic mass is 10.1. The Balaban J connectivity index is 2.00. The number of nitrogens with zero attached hydrogens (tertiary/aromatic N) is 2. The summed E-state index contributed by atoms with van der Waals surface area (Å²) in [7, 11) is 1.33. The van der Waals surface area contributed by atoms with Gasteiger partial charge in [0.05, 0.1) is 18.6 Å². The molecule has 0 saturated heterocycles. The van der Waals surface area contributed by atoms with E-state index in [-0.39, 0.29) is 18.6 Å². The minimum atomic E-state index is -0.418. The second-order valence-electron chi connectivity index (χ2n) is 5.00. The Hall–Kier alpha value is -2.41. The molecule has 2 rings (SSSR count). The van der Waals surface area contributed by atoms with Crippen LogP contribution >= 0.6 is 0 Å². The molecule has 0 aliphatic heterocycles. The summed E-state index contributed by atoms with van der Waals surface area (Å²) < 4.78 is 15.4. The largest absolute Gasteiger partial charge is 0.485 e. The second-order valence-corrected chi connectivity index (χ2v) is 5.00. The van der Waals surface area contributed by atoms with Gasteiger partial charge in [-0.2, -0.15) is 4.98 Å². The Bertz CT molecular complexity index is 639. The first-order valence-electron chi connectivity index (χ1n) is 6.90. The highest BCUT2D eigenvalue weighted by molar-refractivity contribution is 5.89. The molecule has 2 aromatic rings. The molecule has 2 unspecified atom stereocenters. The van der Waals surface area contributed by atoms with Crippen LogP contribution in [0.4, 0.5) is 0 Å². The number of hydrogen-bond donors (Lipinski definition) is 1. The second kappa shape index (κ2) is 7.04. The standard InChI is InChI=1S/C15H19N3O4/c1-9(10(2)16)14-17-13(18-22-14)8-21-12-6-4-5-11(7-12)15(19)20-3/h4-7,9-10H,8,16H2,1-3H3. The number of carbonyl (C=O) groups is 1. The van der Waals surface area contributed by atoms with Crippen molar-refractivity contribution < 1.29 is 18.8 Å². The van der Waals surface area contributed by atoms with Gasteiger partial charge in [-0.25, -0.2) is 4.79 Å². The highest BCUT2D eigenvalue weighted by atomic mass is 16.5. The summed E-state index contributed by atoms with van der Waals surface area (Å²) in [6.45, 7) is 3.94. The molecule has 0 amide bonds. The molecule has 0 spiro atoms. The molecule has 7 heteroatoms. The molecule has 0 bridgehead atoms. The van der Waals surface area contributed by atoms with Gasteiger partial charge in [-0.05, 0) is 25.1 Å². The zero-order valence-electron chi connectivity index (χ0n) is 12.8. The molecule has 2 N–H and O–H groups in total. The van der Waals surface area contributed by atoms with Gasteiger partial charge in [-0.1, -0.05) is 18.1 Å². The Morgan fingerprint density at radius 2 is 2.18 bits per heavy atom. The van der Waals surface area contributed by atoms with Gasteiger partial charge in [-0.3, -0.25) is 0 Å². The first kappa shape index (κ1) is 16.0. The average molecular weight is 305 g/mol. The summed E-state index contributed by atoms with van der Waals surface area (Å²) in [6, 6.07) is 6.61. The lowest BCUT2D eigenvalue weighted by Gasteiger charge is -2.09. The fourth-order valence-electron chi connectivity index (χ4n) is 1.71. The quantitative estimate of drug-likeness (QED) is 0.813. The van der Waals surface area contributed by atoms with Gasteiger partial charge < -0.3 is 19.7 Å². The summed E-state index contributed by atoms with van der Waals surface area (Å²) in [6.07, 6.45) is 0. The SMILES string of the molecule is COC(=O)c1cccc(OCc2noc(C(C)C(C)N)n2)c1. The molecule has 1 heterocycles. The molecule has 0 saturated carbocycles. The molecule has 0 aliphatic rings. The van der Waals surface area contributed by atoms with Crippen LogP contribution in [0.2, 0.25) is 0 Å². The molecule has 2 atom stereocenters. The van der Waals surface area contributed by atoms with Gasteiger partial charge in [0.15, 0.2) is 6.61 Å². The van der Waals surface area contributed by atoms with Crippen LogP contribution in [0.25, 0.3) is 0 Å². The maximum absolute atomic E-state index is 11.5. The number of carbonyl (C=O) groups excluding carboxylic acids is 1. The first-order valence-corrected chi connectivity index (χ1v) is 6.90. The van der Waals surface area contributed by atoms with E-state index in [4.69, 9.17) is 15.0 Å². The lowest BCUT2D eigenvalue weighted by molar-refractivity contribution is 0.0600. The van der Waals surface area contributed by atoms with Crippen LogP contribution in [0.3, 0.4) is 0 Å². The van der Waals surface area contributed by atoms with Gasteiger partial charge in [0.2, 0.25) is 11.7 Å². The van der Waals surface area contributed by atoms with Crippen LogP contribution in [-0.2, 0) is 11.3 Å². The van der Waals surface area contributed by atoms with Crippen molar-refractivity contribution in [2.45, 2.75) is 32.4 Å². The Morgan fingerprint density at radius 3 is 2.86 bits per heavy atom. The van der Waals surface area contributed by atoms with Crippen LogP contribution < -0.4 is 10.5 Å². The summed E-state index contributed by atoms with van der Waals surface area (Å²) in [5, 5.41) is 3.85. The predicted molar refractivity (Wildman–Crippen MR) is 78.5 cm³/mol. The van der Waals surface area contributed by atoms with Gasteiger partial charge in [0.25, 0.3) is 0 Å². The average Bonchev–Trinajstić information content (AvgIpc) is 3.00. The minimum Gasteiger partial charge on any atom is -0.485 e. The number of benzene rings is 1. The van der Waals surface area contributed by atoms with Gasteiger partial charge in [0.1, 0.15) is 5.75 Å². The third kappa shape index (κ3) is 3.82. The third-order valence-corrected chi connectivity index (χ3v) is 3.29. The monoisotopic (exact) mass is 305 g/mol. The van der Waals surface area contributed by atoms with Crippen LogP contribution in [0, 0.1) is 0 Å². The zero-order chi connectivity index (χ0) is 16.1. The van der Waals surface area contributed by atoms with Gasteiger partial charge in [0, 0.05) is 6.04 Å². The molecule has 0 fully saturated rings. The van der Waals surface area contributed by atoms with Crippen molar-refractivity contribution >= 4 is 5.97 Å². The fourth-order valence-corrected chi connectivity index (χ4v) is 1.71. The van der Waals surface area contributed by atoms with Crippen molar-refractivity contribution in [3.8, 4) is 5.75 Å². The number of aromatic nitrogens is 2. The summed E-state index contributed by atoms with van der Waals surface area (Å²) in [5.41, 5.74) is 6.21. The van der Waals surface area contributed by atoms with Crippen molar-refractivity contribution in [3.05, 3.63) is 41.5 Å². The highest BCUT2D eigenvalue weighted by Gasteiger charge is 2.18. The maximum atomic E-state index is 11.5. The van der Waals surface area contributed by atoms with Crippen LogP contribution in [0.5, 0.6) is 5.75 Å². The van der Waals surface area contributed by atoms with E-state index < -0.39 is 5.97 Å². The molecule has 1 aromatic heterocycles. The molecule has 22 heavy (non-hydrogen) atoms. The van der Waals surface area contributed by atoms with Crippen LogP contribution in [0.15, 0.2) is 28.8 Å². The number of ether oxygens (including phenoxy) is 2. The van der Waals surface area contributed by atoms with Crippen molar-refractivity contribution in [2.75, 3.05) is 7.11 Å². The van der Waals surface area contributed by atoms with Crippen molar-refractivity contribution in [2.24, 2.45) is 5.73 Å². The molecular weight excluding hydrogens is 286 g/mol. The molecule has 0 radical (unpaired) electrons.